The molecule has 2 N–H and O–H groups in total. The van der Waals surface area contributed by atoms with Crippen LogP contribution in [0.1, 0.15) is 27.7 Å². The smallest absolute Gasteiger partial charge is 0.410 e. The fourth-order valence-corrected chi connectivity index (χ4v) is 2.54. The summed E-state index contributed by atoms with van der Waals surface area (Å²) in [6, 6.07) is 1.86. The average molecular weight is 322 g/mol. The SMILES string of the molecule is COc1cc(N2CCN(C(=O)OC(C)(C)C)[C@@H](C)C2)ncc1N. The first-order valence-electron chi connectivity index (χ1n) is 7.75. The van der Waals surface area contributed by atoms with Crippen LogP contribution in [0, 0.1) is 0 Å². The number of anilines is 2. The van der Waals surface area contributed by atoms with E-state index in [0.29, 0.717) is 31.1 Å². The van der Waals surface area contributed by atoms with Crippen LogP contribution in [0.3, 0.4) is 0 Å². The summed E-state index contributed by atoms with van der Waals surface area (Å²) in [5.74, 6) is 1.41. The molecule has 1 amide bonds. The molecule has 0 aliphatic carbocycles. The Morgan fingerprint density at radius 3 is 2.65 bits per heavy atom. The van der Waals surface area contributed by atoms with Crippen LogP contribution in [0.5, 0.6) is 5.75 Å². The average Bonchev–Trinajstić information content (AvgIpc) is 2.45. The Morgan fingerprint density at radius 2 is 2.09 bits per heavy atom. The van der Waals surface area contributed by atoms with Crippen molar-refractivity contribution < 1.29 is 14.3 Å². The molecule has 1 saturated heterocycles. The molecule has 1 fully saturated rings. The van der Waals surface area contributed by atoms with Gasteiger partial charge in [0.2, 0.25) is 0 Å². The highest BCUT2D eigenvalue weighted by molar-refractivity contribution is 5.69. The summed E-state index contributed by atoms with van der Waals surface area (Å²) in [5, 5.41) is 0. The lowest BCUT2D eigenvalue weighted by Gasteiger charge is -2.40. The molecule has 1 atom stereocenters. The van der Waals surface area contributed by atoms with Crippen molar-refractivity contribution in [3.8, 4) is 5.75 Å². The molecule has 0 saturated carbocycles. The van der Waals surface area contributed by atoms with E-state index < -0.39 is 5.60 Å². The number of aromatic nitrogens is 1. The number of amides is 1. The summed E-state index contributed by atoms with van der Waals surface area (Å²) in [6.45, 7) is 9.57. The van der Waals surface area contributed by atoms with Crippen LogP contribution >= 0.6 is 0 Å². The van der Waals surface area contributed by atoms with Gasteiger partial charge in [-0.1, -0.05) is 0 Å². The molecule has 2 heterocycles. The second kappa shape index (κ2) is 6.52. The van der Waals surface area contributed by atoms with Crippen LogP contribution in [-0.4, -0.2) is 54.4 Å². The van der Waals surface area contributed by atoms with Gasteiger partial charge in [0.25, 0.3) is 0 Å². The molecule has 0 spiro atoms. The number of ether oxygens (including phenoxy) is 2. The summed E-state index contributed by atoms with van der Waals surface area (Å²) in [7, 11) is 1.58. The molecule has 0 bridgehead atoms. The van der Waals surface area contributed by atoms with Crippen molar-refractivity contribution >= 4 is 17.6 Å². The van der Waals surface area contributed by atoms with E-state index in [-0.39, 0.29) is 12.1 Å². The van der Waals surface area contributed by atoms with Crippen molar-refractivity contribution in [3.63, 3.8) is 0 Å². The zero-order valence-corrected chi connectivity index (χ0v) is 14.5. The highest BCUT2D eigenvalue weighted by Crippen LogP contribution is 2.26. The number of rotatable bonds is 2. The molecule has 7 heteroatoms. The zero-order valence-electron chi connectivity index (χ0n) is 14.5. The lowest BCUT2D eigenvalue weighted by atomic mass is 10.2. The molecule has 23 heavy (non-hydrogen) atoms. The Kier molecular flexibility index (Phi) is 4.87. The Morgan fingerprint density at radius 1 is 1.39 bits per heavy atom. The van der Waals surface area contributed by atoms with Crippen LogP contribution in [0.2, 0.25) is 0 Å². The number of carbonyl (C=O) groups is 1. The van der Waals surface area contributed by atoms with Crippen molar-refractivity contribution in [1.29, 1.82) is 0 Å². The number of hydrogen-bond acceptors (Lipinski definition) is 6. The number of nitrogens with zero attached hydrogens (tertiary/aromatic N) is 3. The predicted molar refractivity (Wildman–Crippen MR) is 89.8 cm³/mol. The summed E-state index contributed by atoms with van der Waals surface area (Å²) in [4.78, 5) is 20.5. The number of hydrogen-bond donors (Lipinski definition) is 1. The molecule has 1 aromatic heterocycles. The highest BCUT2D eigenvalue weighted by atomic mass is 16.6. The van der Waals surface area contributed by atoms with E-state index in [1.165, 1.54) is 0 Å². The number of carbonyl (C=O) groups excluding carboxylic acids is 1. The highest BCUT2D eigenvalue weighted by Gasteiger charge is 2.31. The lowest BCUT2D eigenvalue weighted by Crippen LogP contribution is -2.55. The van der Waals surface area contributed by atoms with Gasteiger partial charge >= 0.3 is 6.09 Å². The van der Waals surface area contributed by atoms with Crippen molar-refractivity contribution in [2.45, 2.75) is 39.3 Å². The molecule has 1 aliphatic rings. The number of nitrogen functional groups attached to an aromatic ring is 1. The molecule has 0 radical (unpaired) electrons. The maximum Gasteiger partial charge on any atom is 0.410 e. The minimum Gasteiger partial charge on any atom is -0.494 e. The summed E-state index contributed by atoms with van der Waals surface area (Å²) >= 11 is 0. The molecule has 1 aliphatic heterocycles. The fourth-order valence-electron chi connectivity index (χ4n) is 2.54. The maximum atomic E-state index is 12.2. The quantitative estimate of drug-likeness (QED) is 0.898. The van der Waals surface area contributed by atoms with Crippen molar-refractivity contribution in [3.05, 3.63) is 12.3 Å². The largest absolute Gasteiger partial charge is 0.494 e. The number of nitrogens with two attached hydrogens (primary N) is 1. The van der Waals surface area contributed by atoms with Crippen LogP contribution in [0.25, 0.3) is 0 Å². The number of pyridine rings is 1. The summed E-state index contributed by atoms with van der Waals surface area (Å²) in [6.07, 6.45) is 1.33. The van der Waals surface area contributed by atoms with Gasteiger partial charge in [-0.15, -0.1) is 0 Å². The molecular weight excluding hydrogens is 296 g/mol. The third-order valence-corrected chi connectivity index (χ3v) is 3.68. The van der Waals surface area contributed by atoms with Gasteiger partial charge in [-0.2, -0.15) is 0 Å². The van der Waals surface area contributed by atoms with E-state index >= 15 is 0 Å². The van der Waals surface area contributed by atoms with E-state index in [2.05, 4.69) is 9.88 Å². The normalized spacial score (nSPS) is 18.7. The van der Waals surface area contributed by atoms with Crippen molar-refractivity contribution in [1.82, 2.24) is 9.88 Å². The standard InChI is InChI=1S/C16H26N4O3/c1-11-10-19(14-8-13(22-5)12(17)9-18-14)6-7-20(11)15(21)23-16(2,3)4/h8-9,11H,6-7,10,17H2,1-5H3/t11-/m0/s1. The van der Waals surface area contributed by atoms with Gasteiger partial charge in [0.1, 0.15) is 17.2 Å². The topological polar surface area (TPSA) is 80.9 Å². The second-order valence-electron chi connectivity index (χ2n) is 6.75. The van der Waals surface area contributed by atoms with Crippen LogP contribution in [0.15, 0.2) is 12.3 Å². The van der Waals surface area contributed by atoms with Crippen molar-refractivity contribution in [2.24, 2.45) is 0 Å². The Balaban J connectivity index is 2.05. The minimum atomic E-state index is -0.486. The summed E-state index contributed by atoms with van der Waals surface area (Å²) < 4.78 is 10.7. The molecule has 0 aromatic carbocycles. The Labute approximate surface area is 137 Å². The van der Waals surface area contributed by atoms with E-state index in [1.807, 2.05) is 33.8 Å². The maximum absolute atomic E-state index is 12.2. The van der Waals surface area contributed by atoms with E-state index in [4.69, 9.17) is 15.2 Å². The van der Waals surface area contributed by atoms with Crippen LogP contribution < -0.4 is 15.4 Å². The van der Waals surface area contributed by atoms with E-state index in [0.717, 1.165) is 5.82 Å². The van der Waals surface area contributed by atoms with Gasteiger partial charge in [-0.05, 0) is 27.7 Å². The first-order chi connectivity index (χ1) is 10.7. The van der Waals surface area contributed by atoms with Crippen LogP contribution in [-0.2, 0) is 4.74 Å². The van der Waals surface area contributed by atoms with E-state index in [1.54, 1.807) is 18.2 Å². The molecule has 0 unspecified atom stereocenters. The van der Waals surface area contributed by atoms with Gasteiger partial charge < -0.3 is 25.0 Å². The van der Waals surface area contributed by atoms with Gasteiger partial charge in [0.05, 0.1) is 19.0 Å². The van der Waals surface area contributed by atoms with Gasteiger partial charge in [-0.25, -0.2) is 9.78 Å². The van der Waals surface area contributed by atoms with Gasteiger partial charge in [0.15, 0.2) is 0 Å². The monoisotopic (exact) mass is 322 g/mol. The lowest BCUT2D eigenvalue weighted by molar-refractivity contribution is 0.0158. The fraction of sp³-hybridized carbons (Fsp3) is 0.625. The van der Waals surface area contributed by atoms with Crippen LogP contribution in [0.4, 0.5) is 16.3 Å². The van der Waals surface area contributed by atoms with Gasteiger partial charge in [0, 0.05) is 31.7 Å². The molecule has 1 aromatic rings. The minimum absolute atomic E-state index is 0.0314. The first-order valence-corrected chi connectivity index (χ1v) is 7.75. The second-order valence-corrected chi connectivity index (χ2v) is 6.75. The first kappa shape index (κ1) is 17.2. The molecule has 2 rings (SSSR count). The molecule has 128 valence electrons. The zero-order chi connectivity index (χ0) is 17.2. The summed E-state index contributed by atoms with van der Waals surface area (Å²) in [5.41, 5.74) is 5.83. The molecule has 7 nitrogen and oxygen atoms in total. The number of piperazine rings is 1. The predicted octanol–water partition coefficient (Wildman–Crippen LogP) is 2.12. The van der Waals surface area contributed by atoms with E-state index in [9.17, 15) is 4.79 Å². The van der Waals surface area contributed by atoms with Gasteiger partial charge in [-0.3, -0.25) is 0 Å². The Hall–Kier alpha value is -2.18. The molecular formula is C16H26N4O3. The third-order valence-electron chi connectivity index (χ3n) is 3.68. The number of methoxy groups -OCH3 is 1. The third kappa shape index (κ3) is 4.18. The Bertz CT molecular complexity index is 571. The van der Waals surface area contributed by atoms with Crippen molar-refractivity contribution in [2.75, 3.05) is 37.4 Å².